The lowest BCUT2D eigenvalue weighted by Crippen LogP contribution is -2.30. The Morgan fingerprint density at radius 3 is 2.69 bits per heavy atom. The number of aromatic nitrogens is 1. The highest BCUT2D eigenvalue weighted by molar-refractivity contribution is 5.08. The van der Waals surface area contributed by atoms with Gasteiger partial charge in [-0.25, -0.2) is 0 Å². The quantitative estimate of drug-likeness (QED) is 0.741. The van der Waals surface area contributed by atoms with Gasteiger partial charge in [0, 0.05) is 18.9 Å². The molecule has 3 nitrogen and oxygen atoms in total. The van der Waals surface area contributed by atoms with Gasteiger partial charge in [-0.2, -0.15) is 0 Å². The SMILES string of the molecule is CN(CCc1cc[nH]c1)CCC(C)(C)CN. The topological polar surface area (TPSA) is 45.0 Å². The molecule has 3 heteroatoms. The van der Waals surface area contributed by atoms with E-state index in [2.05, 4.69) is 43.0 Å². The molecule has 92 valence electrons. The molecule has 0 saturated heterocycles. The van der Waals surface area contributed by atoms with Gasteiger partial charge in [-0.1, -0.05) is 13.8 Å². The van der Waals surface area contributed by atoms with Crippen molar-refractivity contribution in [3.05, 3.63) is 24.0 Å². The Bertz CT molecular complexity index is 277. The first kappa shape index (κ1) is 13.3. The van der Waals surface area contributed by atoms with Crippen LogP contribution in [0, 0.1) is 5.41 Å². The molecule has 0 aliphatic rings. The molecule has 1 aromatic heterocycles. The number of nitrogens with one attached hydrogen (secondary N) is 1. The summed E-state index contributed by atoms with van der Waals surface area (Å²) in [5, 5.41) is 0. The van der Waals surface area contributed by atoms with Gasteiger partial charge in [-0.05, 0) is 50.0 Å². The van der Waals surface area contributed by atoms with Crippen LogP contribution < -0.4 is 5.73 Å². The fraction of sp³-hybridized carbons (Fsp3) is 0.692. The maximum atomic E-state index is 5.72. The van der Waals surface area contributed by atoms with E-state index < -0.39 is 0 Å². The third kappa shape index (κ3) is 4.81. The van der Waals surface area contributed by atoms with Gasteiger partial charge in [0.15, 0.2) is 0 Å². The zero-order chi connectivity index (χ0) is 12.0. The van der Waals surface area contributed by atoms with Gasteiger partial charge in [0.1, 0.15) is 0 Å². The fourth-order valence-corrected chi connectivity index (χ4v) is 1.54. The fourth-order valence-electron chi connectivity index (χ4n) is 1.54. The average molecular weight is 223 g/mol. The second-order valence-corrected chi connectivity index (χ2v) is 5.39. The van der Waals surface area contributed by atoms with Gasteiger partial charge >= 0.3 is 0 Å². The maximum absolute atomic E-state index is 5.72. The van der Waals surface area contributed by atoms with Crippen molar-refractivity contribution in [1.29, 1.82) is 0 Å². The number of aromatic amines is 1. The number of H-pyrrole nitrogens is 1. The van der Waals surface area contributed by atoms with E-state index in [9.17, 15) is 0 Å². The summed E-state index contributed by atoms with van der Waals surface area (Å²) in [6.45, 7) is 7.45. The van der Waals surface area contributed by atoms with Crippen LogP contribution in [0.3, 0.4) is 0 Å². The second kappa shape index (κ2) is 6.06. The average Bonchev–Trinajstić information content (AvgIpc) is 2.76. The predicted molar refractivity (Wildman–Crippen MR) is 69.4 cm³/mol. The molecule has 0 saturated carbocycles. The molecule has 0 spiro atoms. The molecule has 16 heavy (non-hydrogen) atoms. The predicted octanol–water partition coefficient (Wildman–Crippen LogP) is 1.86. The molecular weight excluding hydrogens is 198 g/mol. The van der Waals surface area contributed by atoms with Crippen LogP contribution in [0.5, 0.6) is 0 Å². The third-order valence-electron chi connectivity index (χ3n) is 3.17. The Balaban J connectivity index is 2.18. The molecule has 3 N–H and O–H groups in total. The van der Waals surface area contributed by atoms with Gasteiger partial charge in [0.2, 0.25) is 0 Å². The number of hydrogen-bond acceptors (Lipinski definition) is 2. The van der Waals surface area contributed by atoms with E-state index >= 15 is 0 Å². The van der Waals surface area contributed by atoms with Crippen LogP contribution in [0.15, 0.2) is 18.5 Å². The van der Waals surface area contributed by atoms with Crippen LogP contribution >= 0.6 is 0 Å². The molecule has 0 unspecified atom stereocenters. The highest BCUT2D eigenvalue weighted by Crippen LogP contribution is 2.18. The molecule has 0 fully saturated rings. The summed E-state index contributed by atoms with van der Waals surface area (Å²) in [6, 6.07) is 2.14. The molecule has 1 aromatic rings. The summed E-state index contributed by atoms with van der Waals surface area (Å²) in [4.78, 5) is 5.46. The van der Waals surface area contributed by atoms with Crippen LogP contribution in [-0.2, 0) is 6.42 Å². The van der Waals surface area contributed by atoms with Gasteiger partial charge in [-0.3, -0.25) is 0 Å². The molecule has 0 aliphatic heterocycles. The largest absolute Gasteiger partial charge is 0.367 e. The van der Waals surface area contributed by atoms with Crippen LogP contribution in [0.25, 0.3) is 0 Å². The zero-order valence-electron chi connectivity index (χ0n) is 10.8. The molecular formula is C13H25N3. The van der Waals surface area contributed by atoms with Crippen molar-refractivity contribution in [3.8, 4) is 0 Å². The summed E-state index contributed by atoms with van der Waals surface area (Å²) in [7, 11) is 2.18. The van der Waals surface area contributed by atoms with E-state index in [4.69, 9.17) is 5.73 Å². The lowest BCUT2D eigenvalue weighted by atomic mass is 9.89. The smallest absolute Gasteiger partial charge is 0.00378 e. The van der Waals surface area contributed by atoms with E-state index in [0.717, 1.165) is 32.5 Å². The molecule has 0 aromatic carbocycles. The minimum absolute atomic E-state index is 0.266. The first-order chi connectivity index (χ1) is 7.53. The van der Waals surface area contributed by atoms with E-state index in [1.807, 2.05) is 6.20 Å². The molecule has 1 heterocycles. The number of rotatable bonds is 7. The molecule has 0 aliphatic carbocycles. The van der Waals surface area contributed by atoms with E-state index in [1.165, 1.54) is 5.56 Å². The summed E-state index contributed by atoms with van der Waals surface area (Å²) in [5.41, 5.74) is 7.37. The summed E-state index contributed by atoms with van der Waals surface area (Å²) >= 11 is 0. The van der Waals surface area contributed by atoms with Crippen molar-refractivity contribution < 1.29 is 0 Å². The Morgan fingerprint density at radius 2 is 2.12 bits per heavy atom. The standard InChI is InChI=1S/C13H25N3/c1-13(2,11-14)6-9-16(3)8-5-12-4-7-15-10-12/h4,7,10,15H,5-6,8-9,11,14H2,1-3H3. The van der Waals surface area contributed by atoms with Gasteiger partial charge in [0.25, 0.3) is 0 Å². The number of nitrogens with zero attached hydrogens (tertiary/aromatic N) is 1. The summed E-state index contributed by atoms with van der Waals surface area (Å²) in [5.74, 6) is 0. The zero-order valence-corrected chi connectivity index (χ0v) is 10.8. The minimum atomic E-state index is 0.266. The highest BCUT2D eigenvalue weighted by atomic mass is 15.1. The van der Waals surface area contributed by atoms with Gasteiger partial charge in [0.05, 0.1) is 0 Å². The van der Waals surface area contributed by atoms with Gasteiger partial charge in [-0.15, -0.1) is 0 Å². The van der Waals surface area contributed by atoms with Crippen LogP contribution in [0.1, 0.15) is 25.8 Å². The first-order valence-corrected chi connectivity index (χ1v) is 6.04. The molecule has 0 atom stereocenters. The second-order valence-electron chi connectivity index (χ2n) is 5.39. The Labute approximate surface area is 99.0 Å². The minimum Gasteiger partial charge on any atom is -0.367 e. The van der Waals surface area contributed by atoms with Crippen molar-refractivity contribution in [1.82, 2.24) is 9.88 Å². The number of hydrogen-bond donors (Lipinski definition) is 2. The van der Waals surface area contributed by atoms with Crippen molar-refractivity contribution in [3.63, 3.8) is 0 Å². The van der Waals surface area contributed by atoms with Crippen LogP contribution in [-0.4, -0.2) is 36.6 Å². The maximum Gasteiger partial charge on any atom is 0.00378 e. The highest BCUT2D eigenvalue weighted by Gasteiger charge is 2.15. The summed E-state index contributed by atoms with van der Waals surface area (Å²) < 4.78 is 0. The van der Waals surface area contributed by atoms with Crippen molar-refractivity contribution >= 4 is 0 Å². The molecule has 0 radical (unpaired) electrons. The first-order valence-electron chi connectivity index (χ1n) is 6.04. The normalized spacial score (nSPS) is 12.3. The molecule has 0 bridgehead atoms. The number of nitrogens with two attached hydrogens (primary N) is 1. The van der Waals surface area contributed by atoms with Crippen LogP contribution in [0.2, 0.25) is 0 Å². The summed E-state index contributed by atoms with van der Waals surface area (Å²) in [6.07, 6.45) is 6.32. The van der Waals surface area contributed by atoms with Crippen LogP contribution in [0.4, 0.5) is 0 Å². The molecule has 1 rings (SSSR count). The Hall–Kier alpha value is -0.800. The van der Waals surface area contributed by atoms with Crippen molar-refractivity contribution in [2.24, 2.45) is 11.1 Å². The van der Waals surface area contributed by atoms with Crippen molar-refractivity contribution in [2.45, 2.75) is 26.7 Å². The van der Waals surface area contributed by atoms with E-state index in [1.54, 1.807) is 0 Å². The Morgan fingerprint density at radius 1 is 1.38 bits per heavy atom. The van der Waals surface area contributed by atoms with Crippen molar-refractivity contribution in [2.75, 3.05) is 26.7 Å². The van der Waals surface area contributed by atoms with E-state index in [-0.39, 0.29) is 5.41 Å². The third-order valence-corrected chi connectivity index (χ3v) is 3.17. The Kier molecular flexibility index (Phi) is 5.03. The lowest BCUT2D eigenvalue weighted by molar-refractivity contribution is 0.256. The molecule has 0 amide bonds. The van der Waals surface area contributed by atoms with E-state index in [0.29, 0.717) is 0 Å². The van der Waals surface area contributed by atoms with Gasteiger partial charge < -0.3 is 15.6 Å². The number of likely N-dealkylation sites (N-methyl/N-ethyl adjacent to an activating group) is 1. The lowest BCUT2D eigenvalue weighted by Gasteiger charge is -2.25. The monoisotopic (exact) mass is 223 g/mol.